The zero-order valence-corrected chi connectivity index (χ0v) is 13.5. The lowest BCUT2D eigenvalue weighted by Crippen LogP contribution is -2.28. The molecule has 0 aromatic heterocycles. The highest BCUT2D eigenvalue weighted by Gasteiger charge is 2.17. The van der Waals surface area contributed by atoms with Gasteiger partial charge in [-0.15, -0.1) is 0 Å². The molecule has 114 valence electrons. The summed E-state index contributed by atoms with van der Waals surface area (Å²) in [6, 6.07) is 7.85. The van der Waals surface area contributed by atoms with Crippen molar-refractivity contribution in [2.75, 3.05) is 26.3 Å². The van der Waals surface area contributed by atoms with Crippen LogP contribution in [0.5, 0.6) is 0 Å². The Morgan fingerprint density at radius 2 is 2.00 bits per heavy atom. The minimum Gasteiger partial charge on any atom is -0.379 e. The van der Waals surface area contributed by atoms with Gasteiger partial charge >= 0.3 is 0 Å². The fourth-order valence-corrected chi connectivity index (χ4v) is 2.24. The van der Waals surface area contributed by atoms with Crippen LogP contribution >= 0.6 is 11.6 Å². The van der Waals surface area contributed by atoms with Crippen molar-refractivity contribution < 1.29 is 9.47 Å². The molecule has 1 N–H and O–H groups in total. The molecule has 0 aliphatic carbocycles. The summed E-state index contributed by atoms with van der Waals surface area (Å²) in [7, 11) is 0. The Morgan fingerprint density at radius 3 is 2.65 bits per heavy atom. The summed E-state index contributed by atoms with van der Waals surface area (Å²) in [5.74, 6) is 0. The number of hydrogen-bond acceptors (Lipinski definition) is 3. The van der Waals surface area contributed by atoms with E-state index in [0.717, 1.165) is 30.1 Å². The van der Waals surface area contributed by atoms with Crippen LogP contribution in [0.25, 0.3) is 0 Å². The average molecular weight is 300 g/mol. The normalized spacial score (nSPS) is 14.2. The van der Waals surface area contributed by atoms with E-state index in [4.69, 9.17) is 21.1 Å². The van der Waals surface area contributed by atoms with E-state index >= 15 is 0 Å². The number of ether oxygens (including phenoxy) is 2. The maximum absolute atomic E-state index is 6.28. The summed E-state index contributed by atoms with van der Waals surface area (Å²) >= 11 is 6.28. The van der Waals surface area contributed by atoms with Gasteiger partial charge in [0.1, 0.15) is 0 Å². The molecule has 0 saturated carbocycles. The van der Waals surface area contributed by atoms with Crippen molar-refractivity contribution in [3.63, 3.8) is 0 Å². The number of halogens is 1. The van der Waals surface area contributed by atoms with E-state index in [1.54, 1.807) is 0 Å². The molecule has 1 aromatic carbocycles. The molecule has 0 heterocycles. The second-order valence-corrected chi connectivity index (χ2v) is 5.23. The highest BCUT2D eigenvalue weighted by atomic mass is 35.5. The van der Waals surface area contributed by atoms with Crippen molar-refractivity contribution in [1.29, 1.82) is 0 Å². The van der Waals surface area contributed by atoms with E-state index in [1.807, 2.05) is 38.1 Å². The lowest BCUT2D eigenvalue weighted by molar-refractivity contribution is -0.0468. The molecular formula is C16H26ClNO2. The molecule has 2 atom stereocenters. The van der Waals surface area contributed by atoms with Crippen LogP contribution in [0.3, 0.4) is 0 Å². The van der Waals surface area contributed by atoms with E-state index in [1.165, 1.54) is 0 Å². The molecule has 3 nitrogen and oxygen atoms in total. The molecule has 0 aliphatic rings. The van der Waals surface area contributed by atoms with E-state index in [-0.39, 0.29) is 12.2 Å². The monoisotopic (exact) mass is 299 g/mol. The molecule has 0 bridgehead atoms. The Kier molecular flexibility index (Phi) is 8.86. The second-order valence-electron chi connectivity index (χ2n) is 4.82. The predicted octanol–water partition coefficient (Wildman–Crippen LogP) is 3.82. The summed E-state index contributed by atoms with van der Waals surface area (Å²) < 4.78 is 11.5. The average Bonchev–Trinajstić information content (AvgIpc) is 2.45. The van der Waals surface area contributed by atoms with Crippen molar-refractivity contribution >= 4 is 11.6 Å². The van der Waals surface area contributed by atoms with Crippen molar-refractivity contribution in [3.05, 3.63) is 34.9 Å². The molecule has 0 radical (unpaired) electrons. The molecule has 0 saturated heterocycles. The van der Waals surface area contributed by atoms with Crippen molar-refractivity contribution in [3.8, 4) is 0 Å². The molecule has 4 heteroatoms. The lowest BCUT2D eigenvalue weighted by Gasteiger charge is -2.24. The topological polar surface area (TPSA) is 30.5 Å². The number of rotatable bonds is 10. The van der Waals surface area contributed by atoms with Crippen molar-refractivity contribution in [2.24, 2.45) is 0 Å². The summed E-state index contributed by atoms with van der Waals surface area (Å²) in [4.78, 5) is 0. The largest absolute Gasteiger partial charge is 0.379 e. The van der Waals surface area contributed by atoms with Crippen LogP contribution in [0.4, 0.5) is 0 Å². The van der Waals surface area contributed by atoms with Crippen LogP contribution in [0.2, 0.25) is 5.02 Å². The number of hydrogen-bond donors (Lipinski definition) is 1. The van der Waals surface area contributed by atoms with Crippen LogP contribution in [0.1, 0.15) is 38.9 Å². The van der Waals surface area contributed by atoms with Gasteiger partial charge in [0.15, 0.2) is 0 Å². The Hall–Kier alpha value is -0.610. The van der Waals surface area contributed by atoms with Gasteiger partial charge in [0.2, 0.25) is 0 Å². The van der Waals surface area contributed by atoms with Gasteiger partial charge < -0.3 is 14.8 Å². The van der Waals surface area contributed by atoms with Crippen molar-refractivity contribution in [1.82, 2.24) is 5.32 Å². The standard InChI is InChI=1S/C16H26ClNO2/c1-4-10-18-11-16(20-13(3)12-19-5-2)14-8-6-7-9-15(14)17/h6-9,13,16,18H,4-5,10-12H2,1-3H3. The molecule has 0 fully saturated rings. The van der Waals surface area contributed by atoms with Gasteiger partial charge in [-0.05, 0) is 32.9 Å². The molecule has 1 aromatic rings. The summed E-state index contributed by atoms with van der Waals surface area (Å²) in [6.45, 7) is 9.21. The van der Waals surface area contributed by atoms with Gasteiger partial charge in [-0.3, -0.25) is 0 Å². The first-order valence-electron chi connectivity index (χ1n) is 7.37. The minimum absolute atomic E-state index is 0.0413. The van der Waals surface area contributed by atoms with Crippen molar-refractivity contribution in [2.45, 2.75) is 39.4 Å². The second kappa shape index (κ2) is 10.2. The van der Waals surface area contributed by atoms with Gasteiger partial charge in [0, 0.05) is 23.7 Å². The van der Waals surface area contributed by atoms with Gasteiger partial charge in [-0.25, -0.2) is 0 Å². The van der Waals surface area contributed by atoms with E-state index < -0.39 is 0 Å². The summed E-state index contributed by atoms with van der Waals surface area (Å²) in [5.41, 5.74) is 1.03. The van der Waals surface area contributed by atoms with Gasteiger partial charge in [-0.1, -0.05) is 36.7 Å². The highest BCUT2D eigenvalue weighted by molar-refractivity contribution is 6.31. The van der Waals surface area contributed by atoms with E-state index in [9.17, 15) is 0 Å². The third kappa shape index (κ3) is 6.23. The van der Waals surface area contributed by atoms with E-state index in [0.29, 0.717) is 13.2 Å². The van der Waals surface area contributed by atoms with Gasteiger partial charge in [0.25, 0.3) is 0 Å². The first-order valence-corrected chi connectivity index (χ1v) is 7.75. The number of nitrogens with one attached hydrogen (secondary N) is 1. The first kappa shape index (κ1) is 17.4. The molecule has 0 aliphatic heterocycles. The Balaban J connectivity index is 2.67. The Labute approximate surface area is 127 Å². The molecular weight excluding hydrogens is 274 g/mol. The smallest absolute Gasteiger partial charge is 0.0968 e. The molecule has 0 spiro atoms. The molecule has 2 unspecified atom stereocenters. The van der Waals surface area contributed by atoms with Gasteiger partial charge in [-0.2, -0.15) is 0 Å². The maximum Gasteiger partial charge on any atom is 0.0968 e. The molecule has 0 amide bonds. The van der Waals surface area contributed by atoms with Crippen LogP contribution < -0.4 is 5.32 Å². The zero-order chi connectivity index (χ0) is 14.8. The fraction of sp³-hybridized carbons (Fsp3) is 0.625. The zero-order valence-electron chi connectivity index (χ0n) is 12.7. The van der Waals surface area contributed by atoms with Crippen LogP contribution in [0.15, 0.2) is 24.3 Å². The third-order valence-corrected chi connectivity index (χ3v) is 3.31. The van der Waals surface area contributed by atoms with Crippen LogP contribution in [0, 0.1) is 0 Å². The third-order valence-electron chi connectivity index (χ3n) is 2.96. The summed E-state index contributed by atoms with van der Waals surface area (Å²) in [5, 5.41) is 4.15. The van der Waals surface area contributed by atoms with Crippen LogP contribution in [-0.2, 0) is 9.47 Å². The summed E-state index contributed by atoms with van der Waals surface area (Å²) in [6.07, 6.45) is 1.09. The maximum atomic E-state index is 6.28. The first-order chi connectivity index (χ1) is 9.69. The Bertz CT molecular complexity index is 373. The van der Waals surface area contributed by atoms with Crippen LogP contribution in [-0.4, -0.2) is 32.4 Å². The van der Waals surface area contributed by atoms with Gasteiger partial charge in [0.05, 0.1) is 18.8 Å². The minimum atomic E-state index is -0.0503. The quantitative estimate of drug-likeness (QED) is 0.666. The highest BCUT2D eigenvalue weighted by Crippen LogP contribution is 2.26. The van der Waals surface area contributed by atoms with E-state index in [2.05, 4.69) is 12.2 Å². The Morgan fingerprint density at radius 1 is 1.25 bits per heavy atom. The lowest BCUT2D eigenvalue weighted by atomic mass is 10.1. The fourth-order valence-electron chi connectivity index (χ4n) is 1.98. The number of benzene rings is 1. The molecule has 1 rings (SSSR count). The SMILES string of the molecule is CCCNCC(OC(C)COCC)c1ccccc1Cl. The molecule has 20 heavy (non-hydrogen) atoms. The predicted molar refractivity (Wildman–Crippen MR) is 84.4 cm³/mol.